The van der Waals surface area contributed by atoms with Crippen LogP contribution in [0.5, 0.6) is 11.5 Å². The second-order valence-electron chi connectivity index (χ2n) is 6.08. The van der Waals surface area contributed by atoms with E-state index in [1.807, 2.05) is 24.3 Å². The Balaban J connectivity index is 1.40. The third kappa shape index (κ3) is 3.89. The Hall–Kier alpha value is -1.26. The summed E-state index contributed by atoms with van der Waals surface area (Å²) in [5.41, 5.74) is 0. The molecule has 0 aliphatic carbocycles. The topological polar surface area (TPSA) is 33.7 Å². The summed E-state index contributed by atoms with van der Waals surface area (Å²) in [4.78, 5) is 2.55. The minimum Gasteiger partial charge on any atom is -0.497 e. The maximum absolute atomic E-state index is 5.83. The first kappa shape index (κ1) is 14.7. The Kier molecular flexibility index (Phi) is 4.99. The molecule has 0 aromatic heterocycles. The summed E-state index contributed by atoms with van der Waals surface area (Å²) in [6.07, 6.45) is 4.00. The molecule has 3 rings (SSSR count). The lowest BCUT2D eigenvalue weighted by Crippen LogP contribution is -2.52. The van der Waals surface area contributed by atoms with Crippen LogP contribution in [0, 0.1) is 5.92 Å². The number of benzene rings is 1. The van der Waals surface area contributed by atoms with Crippen molar-refractivity contribution in [3.05, 3.63) is 24.3 Å². The molecule has 1 N–H and O–H groups in total. The highest BCUT2D eigenvalue weighted by atomic mass is 16.5. The highest BCUT2D eigenvalue weighted by molar-refractivity contribution is 5.31. The van der Waals surface area contributed by atoms with E-state index in [0.717, 1.165) is 36.6 Å². The van der Waals surface area contributed by atoms with Crippen molar-refractivity contribution in [1.82, 2.24) is 10.2 Å². The van der Waals surface area contributed by atoms with Crippen LogP contribution < -0.4 is 14.8 Å². The molecule has 1 aromatic rings. The van der Waals surface area contributed by atoms with Crippen molar-refractivity contribution >= 4 is 0 Å². The van der Waals surface area contributed by atoms with Crippen LogP contribution in [-0.4, -0.2) is 50.8 Å². The quantitative estimate of drug-likeness (QED) is 0.901. The summed E-state index contributed by atoms with van der Waals surface area (Å²) >= 11 is 0. The molecule has 0 amide bonds. The molecule has 1 aromatic carbocycles. The van der Waals surface area contributed by atoms with Crippen molar-refractivity contribution in [2.24, 2.45) is 5.92 Å². The zero-order valence-corrected chi connectivity index (χ0v) is 12.9. The predicted molar refractivity (Wildman–Crippen MR) is 84.1 cm³/mol. The van der Waals surface area contributed by atoms with E-state index in [0.29, 0.717) is 0 Å². The van der Waals surface area contributed by atoms with Crippen LogP contribution in [0.1, 0.15) is 19.3 Å². The van der Waals surface area contributed by atoms with Crippen LogP contribution in [0.25, 0.3) is 0 Å². The van der Waals surface area contributed by atoms with Crippen LogP contribution >= 0.6 is 0 Å². The van der Waals surface area contributed by atoms with Crippen LogP contribution in [-0.2, 0) is 0 Å². The van der Waals surface area contributed by atoms with E-state index in [9.17, 15) is 0 Å². The van der Waals surface area contributed by atoms with Crippen LogP contribution in [0.4, 0.5) is 0 Å². The molecule has 0 radical (unpaired) electrons. The highest BCUT2D eigenvalue weighted by Gasteiger charge is 2.30. The van der Waals surface area contributed by atoms with Crippen molar-refractivity contribution in [2.75, 3.05) is 39.9 Å². The third-order valence-electron chi connectivity index (χ3n) is 4.71. The number of piperidine rings is 2. The van der Waals surface area contributed by atoms with Gasteiger partial charge in [0.1, 0.15) is 18.1 Å². The van der Waals surface area contributed by atoms with Crippen LogP contribution in [0.3, 0.4) is 0 Å². The normalized spacial score (nSPS) is 26.1. The van der Waals surface area contributed by atoms with E-state index in [2.05, 4.69) is 10.2 Å². The van der Waals surface area contributed by atoms with Gasteiger partial charge in [-0.1, -0.05) is 0 Å². The van der Waals surface area contributed by atoms with Gasteiger partial charge in [0.15, 0.2) is 0 Å². The average Bonchev–Trinajstić information content (AvgIpc) is 2.55. The lowest BCUT2D eigenvalue weighted by Gasteiger charge is -2.41. The molecule has 2 atom stereocenters. The molecule has 0 spiro atoms. The molecule has 2 fully saturated rings. The monoisotopic (exact) mass is 290 g/mol. The number of rotatable bonds is 5. The van der Waals surface area contributed by atoms with E-state index in [1.165, 1.54) is 38.9 Å². The number of likely N-dealkylation sites (tertiary alicyclic amines) is 1. The molecule has 0 saturated carbocycles. The zero-order chi connectivity index (χ0) is 14.5. The number of nitrogens with zero attached hydrogens (tertiary/aromatic N) is 1. The van der Waals surface area contributed by atoms with Gasteiger partial charge >= 0.3 is 0 Å². The first-order chi connectivity index (χ1) is 10.3. The predicted octanol–water partition coefficient (Wildman–Crippen LogP) is 2.15. The van der Waals surface area contributed by atoms with Gasteiger partial charge in [-0.3, -0.25) is 4.90 Å². The molecule has 4 nitrogen and oxygen atoms in total. The molecule has 2 aliphatic heterocycles. The lowest BCUT2D eigenvalue weighted by atomic mass is 9.85. The summed E-state index contributed by atoms with van der Waals surface area (Å²) < 4.78 is 11.0. The van der Waals surface area contributed by atoms with E-state index in [1.54, 1.807) is 7.11 Å². The second-order valence-corrected chi connectivity index (χ2v) is 6.08. The Morgan fingerprint density at radius 2 is 2.00 bits per heavy atom. The Morgan fingerprint density at radius 1 is 1.19 bits per heavy atom. The first-order valence-electron chi connectivity index (χ1n) is 8.08. The second kappa shape index (κ2) is 7.14. The van der Waals surface area contributed by atoms with Gasteiger partial charge in [0.05, 0.1) is 7.11 Å². The maximum Gasteiger partial charge on any atom is 0.119 e. The van der Waals surface area contributed by atoms with Gasteiger partial charge in [-0.15, -0.1) is 0 Å². The lowest BCUT2D eigenvalue weighted by molar-refractivity contribution is 0.100. The fourth-order valence-electron chi connectivity index (χ4n) is 3.49. The number of fused-ring (bicyclic) bond motifs is 1. The third-order valence-corrected chi connectivity index (χ3v) is 4.71. The molecule has 21 heavy (non-hydrogen) atoms. The van der Waals surface area contributed by atoms with Crippen molar-refractivity contribution in [3.8, 4) is 11.5 Å². The van der Waals surface area contributed by atoms with Crippen LogP contribution in [0.15, 0.2) is 24.3 Å². The number of methoxy groups -OCH3 is 1. The minimum absolute atomic E-state index is 0.761. The van der Waals surface area contributed by atoms with Gasteiger partial charge < -0.3 is 14.8 Å². The Morgan fingerprint density at radius 3 is 2.81 bits per heavy atom. The van der Waals surface area contributed by atoms with Gasteiger partial charge in [0.2, 0.25) is 0 Å². The van der Waals surface area contributed by atoms with E-state index >= 15 is 0 Å². The van der Waals surface area contributed by atoms with Crippen LogP contribution in [0.2, 0.25) is 0 Å². The number of hydrogen-bond acceptors (Lipinski definition) is 4. The molecule has 2 heterocycles. The first-order valence-corrected chi connectivity index (χ1v) is 8.08. The fraction of sp³-hybridized carbons (Fsp3) is 0.647. The molecule has 2 aliphatic rings. The number of ether oxygens (including phenoxy) is 2. The molecule has 0 bridgehead atoms. The largest absolute Gasteiger partial charge is 0.497 e. The average molecular weight is 290 g/mol. The summed E-state index contributed by atoms with van der Waals surface area (Å²) in [6, 6.07) is 8.58. The fourth-order valence-corrected chi connectivity index (χ4v) is 3.49. The molecule has 2 saturated heterocycles. The molecular formula is C17H26N2O2. The van der Waals surface area contributed by atoms with E-state index in [-0.39, 0.29) is 0 Å². The molecule has 2 unspecified atom stereocenters. The molecular weight excluding hydrogens is 264 g/mol. The van der Waals surface area contributed by atoms with E-state index in [4.69, 9.17) is 9.47 Å². The van der Waals surface area contributed by atoms with Crippen molar-refractivity contribution in [2.45, 2.75) is 25.3 Å². The van der Waals surface area contributed by atoms with Gasteiger partial charge in [-0.25, -0.2) is 0 Å². The minimum atomic E-state index is 0.761. The summed E-state index contributed by atoms with van der Waals surface area (Å²) in [5.74, 6) is 2.63. The van der Waals surface area contributed by atoms with E-state index < -0.39 is 0 Å². The Labute approximate surface area is 127 Å². The number of hydrogen-bond donors (Lipinski definition) is 1. The maximum atomic E-state index is 5.83. The summed E-state index contributed by atoms with van der Waals surface area (Å²) in [5, 5.41) is 3.66. The van der Waals surface area contributed by atoms with Gasteiger partial charge in [-0.2, -0.15) is 0 Å². The Bertz CT molecular complexity index is 435. The smallest absolute Gasteiger partial charge is 0.119 e. The molecule has 4 heteroatoms. The SMILES string of the molecule is COc1ccc(OCCN2CCC3NCCCC3C2)cc1. The van der Waals surface area contributed by atoms with Crippen molar-refractivity contribution in [3.63, 3.8) is 0 Å². The zero-order valence-electron chi connectivity index (χ0n) is 12.9. The van der Waals surface area contributed by atoms with Crippen molar-refractivity contribution in [1.29, 1.82) is 0 Å². The van der Waals surface area contributed by atoms with Gasteiger partial charge in [0.25, 0.3) is 0 Å². The van der Waals surface area contributed by atoms with Gasteiger partial charge in [0, 0.05) is 19.1 Å². The highest BCUT2D eigenvalue weighted by Crippen LogP contribution is 2.24. The molecule has 116 valence electrons. The van der Waals surface area contributed by atoms with Crippen molar-refractivity contribution < 1.29 is 9.47 Å². The summed E-state index contributed by atoms with van der Waals surface area (Å²) in [6.45, 7) is 5.41. The summed E-state index contributed by atoms with van der Waals surface area (Å²) in [7, 11) is 1.68. The standard InChI is InChI=1S/C17H26N2O2/c1-20-15-4-6-16(7-5-15)21-12-11-19-10-8-17-14(13-19)3-2-9-18-17/h4-7,14,17-18H,2-3,8-13H2,1H3. The number of nitrogens with one attached hydrogen (secondary N) is 1. The van der Waals surface area contributed by atoms with Gasteiger partial charge in [-0.05, 0) is 62.5 Å².